The molecular weight excluding hydrogens is 279 g/mol. The van der Waals surface area contributed by atoms with Gasteiger partial charge in [0.1, 0.15) is 0 Å². The first-order chi connectivity index (χ1) is 8.90. The summed E-state index contributed by atoms with van der Waals surface area (Å²) >= 11 is 5.82. The molecule has 0 unspecified atom stereocenters. The van der Waals surface area contributed by atoms with Gasteiger partial charge in [0.05, 0.1) is 5.02 Å². The SMILES string of the molecule is Nc1ccc(C(=O)c2cc(F)c(F)c(F)c2)c(Cl)c1. The molecule has 2 N–H and O–H groups in total. The van der Waals surface area contributed by atoms with Crippen LogP contribution in [0.25, 0.3) is 0 Å². The summed E-state index contributed by atoms with van der Waals surface area (Å²) in [7, 11) is 0. The van der Waals surface area contributed by atoms with E-state index in [0.29, 0.717) is 17.8 Å². The van der Waals surface area contributed by atoms with Crippen molar-refractivity contribution < 1.29 is 18.0 Å². The summed E-state index contributed by atoms with van der Waals surface area (Å²) < 4.78 is 38.9. The Morgan fingerprint density at radius 3 is 2.16 bits per heavy atom. The molecule has 0 radical (unpaired) electrons. The predicted molar refractivity (Wildman–Crippen MR) is 65.6 cm³/mol. The number of nitrogens with two attached hydrogens (primary N) is 1. The molecule has 2 nitrogen and oxygen atoms in total. The van der Waals surface area contributed by atoms with Crippen molar-refractivity contribution in [3.63, 3.8) is 0 Å². The van der Waals surface area contributed by atoms with Gasteiger partial charge < -0.3 is 5.73 Å². The van der Waals surface area contributed by atoms with Crippen molar-refractivity contribution >= 4 is 23.1 Å². The number of anilines is 1. The van der Waals surface area contributed by atoms with Gasteiger partial charge in [-0.15, -0.1) is 0 Å². The average molecular weight is 286 g/mol. The quantitative estimate of drug-likeness (QED) is 0.521. The Kier molecular flexibility index (Phi) is 3.48. The van der Waals surface area contributed by atoms with Crippen LogP contribution >= 0.6 is 11.6 Å². The molecule has 98 valence electrons. The van der Waals surface area contributed by atoms with Crippen molar-refractivity contribution in [1.29, 1.82) is 0 Å². The fraction of sp³-hybridized carbons (Fsp3) is 0. The maximum atomic E-state index is 13.1. The highest BCUT2D eigenvalue weighted by Crippen LogP contribution is 2.23. The van der Waals surface area contributed by atoms with Crippen LogP contribution in [0.1, 0.15) is 15.9 Å². The molecule has 0 fully saturated rings. The maximum absolute atomic E-state index is 13.1. The fourth-order valence-electron chi connectivity index (χ4n) is 1.56. The second-order valence-electron chi connectivity index (χ2n) is 3.82. The van der Waals surface area contributed by atoms with Crippen LogP contribution < -0.4 is 5.73 Å². The largest absolute Gasteiger partial charge is 0.399 e. The number of carbonyl (C=O) groups excluding carboxylic acids is 1. The lowest BCUT2D eigenvalue weighted by Crippen LogP contribution is -2.05. The van der Waals surface area contributed by atoms with Crippen molar-refractivity contribution in [2.24, 2.45) is 0 Å². The normalized spacial score (nSPS) is 10.5. The predicted octanol–water partition coefficient (Wildman–Crippen LogP) is 3.57. The van der Waals surface area contributed by atoms with Crippen LogP contribution in [0.4, 0.5) is 18.9 Å². The van der Waals surface area contributed by atoms with Gasteiger partial charge in [0.2, 0.25) is 0 Å². The molecule has 2 aromatic rings. The third-order valence-corrected chi connectivity index (χ3v) is 2.80. The maximum Gasteiger partial charge on any atom is 0.194 e. The molecule has 2 rings (SSSR count). The van der Waals surface area contributed by atoms with Gasteiger partial charge in [-0.1, -0.05) is 11.6 Å². The van der Waals surface area contributed by atoms with E-state index in [1.807, 2.05) is 0 Å². The molecule has 0 spiro atoms. The molecule has 6 heteroatoms. The Hall–Kier alpha value is -2.01. The van der Waals surface area contributed by atoms with Crippen LogP contribution in [-0.2, 0) is 0 Å². The van der Waals surface area contributed by atoms with E-state index >= 15 is 0 Å². The van der Waals surface area contributed by atoms with Crippen LogP contribution in [0.5, 0.6) is 0 Å². The third kappa shape index (κ3) is 2.56. The van der Waals surface area contributed by atoms with Crippen LogP contribution in [0, 0.1) is 17.5 Å². The third-order valence-electron chi connectivity index (χ3n) is 2.48. The highest BCUT2D eigenvalue weighted by molar-refractivity contribution is 6.35. The Morgan fingerprint density at radius 1 is 1.05 bits per heavy atom. The lowest BCUT2D eigenvalue weighted by atomic mass is 10.0. The van der Waals surface area contributed by atoms with Crippen molar-refractivity contribution in [2.75, 3.05) is 5.73 Å². The molecule has 0 saturated carbocycles. The zero-order valence-electron chi connectivity index (χ0n) is 9.38. The van der Waals surface area contributed by atoms with Crippen LogP contribution in [-0.4, -0.2) is 5.78 Å². The van der Waals surface area contributed by atoms with Crippen molar-refractivity contribution in [3.05, 3.63) is 63.9 Å². The molecule has 0 aliphatic heterocycles. The first kappa shape index (κ1) is 13.4. The molecule has 0 heterocycles. The first-order valence-electron chi connectivity index (χ1n) is 5.14. The van der Waals surface area contributed by atoms with Crippen molar-refractivity contribution in [3.8, 4) is 0 Å². The van der Waals surface area contributed by atoms with Gasteiger partial charge >= 0.3 is 0 Å². The number of benzene rings is 2. The molecule has 0 bridgehead atoms. The topological polar surface area (TPSA) is 43.1 Å². The zero-order valence-corrected chi connectivity index (χ0v) is 10.1. The van der Waals surface area contributed by atoms with E-state index in [4.69, 9.17) is 17.3 Å². The van der Waals surface area contributed by atoms with Gasteiger partial charge in [0.15, 0.2) is 23.2 Å². The van der Waals surface area contributed by atoms with E-state index < -0.39 is 23.2 Å². The zero-order chi connectivity index (χ0) is 14.2. The number of hydrogen-bond acceptors (Lipinski definition) is 2. The van der Waals surface area contributed by atoms with E-state index in [-0.39, 0.29) is 16.1 Å². The minimum atomic E-state index is -1.63. The van der Waals surface area contributed by atoms with Gasteiger partial charge in [-0.25, -0.2) is 13.2 Å². The minimum absolute atomic E-state index is 0.0290. The van der Waals surface area contributed by atoms with E-state index in [2.05, 4.69) is 0 Å². The first-order valence-corrected chi connectivity index (χ1v) is 5.52. The standard InChI is InChI=1S/C13H7ClF3NO/c14-9-5-7(18)1-2-8(9)13(19)6-3-10(15)12(17)11(16)4-6/h1-5H,18H2. The second kappa shape index (κ2) is 4.93. The number of nitrogen functional groups attached to an aromatic ring is 1. The monoisotopic (exact) mass is 285 g/mol. The molecule has 19 heavy (non-hydrogen) atoms. The molecule has 0 amide bonds. The summed E-state index contributed by atoms with van der Waals surface area (Å²) in [5, 5.41) is 0.0511. The molecule has 0 aromatic heterocycles. The lowest BCUT2D eigenvalue weighted by Gasteiger charge is -2.05. The van der Waals surface area contributed by atoms with Gasteiger partial charge in [-0.3, -0.25) is 4.79 Å². The second-order valence-corrected chi connectivity index (χ2v) is 4.23. The summed E-state index contributed by atoms with van der Waals surface area (Å²) in [6, 6.07) is 5.33. The smallest absolute Gasteiger partial charge is 0.194 e. The number of rotatable bonds is 2. The summed E-state index contributed by atoms with van der Waals surface area (Å²) in [6.07, 6.45) is 0. The number of halogens is 4. The van der Waals surface area contributed by atoms with Gasteiger partial charge in [-0.05, 0) is 30.3 Å². The van der Waals surface area contributed by atoms with E-state index in [0.717, 1.165) is 0 Å². The molecule has 2 aromatic carbocycles. The number of hydrogen-bond donors (Lipinski definition) is 1. The van der Waals surface area contributed by atoms with E-state index in [9.17, 15) is 18.0 Å². The summed E-state index contributed by atoms with van der Waals surface area (Å²) in [5.74, 6) is -5.22. The highest BCUT2D eigenvalue weighted by Gasteiger charge is 2.18. The molecule has 0 aliphatic carbocycles. The minimum Gasteiger partial charge on any atom is -0.399 e. The van der Waals surface area contributed by atoms with Crippen LogP contribution in [0.2, 0.25) is 5.02 Å². The average Bonchev–Trinajstić information content (AvgIpc) is 2.34. The lowest BCUT2D eigenvalue weighted by molar-refractivity contribution is 0.103. The Morgan fingerprint density at radius 2 is 1.63 bits per heavy atom. The number of ketones is 1. The van der Waals surface area contributed by atoms with Crippen LogP contribution in [0.3, 0.4) is 0 Å². The van der Waals surface area contributed by atoms with Gasteiger partial charge in [0.25, 0.3) is 0 Å². The molecule has 0 saturated heterocycles. The Bertz CT molecular complexity index is 650. The molecule has 0 atom stereocenters. The Balaban J connectivity index is 2.50. The molecule has 0 aliphatic rings. The Labute approximate surface area is 111 Å². The van der Waals surface area contributed by atoms with Crippen molar-refractivity contribution in [1.82, 2.24) is 0 Å². The molecular formula is C13H7ClF3NO. The summed E-state index contributed by atoms with van der Waals surface area (Å²) in [4.78, 5) is 12.0. The fourth-order valence-corrected chi connectivity index (χ4v) is 1.83. The van der Waals surface area contributed by atoms with E-state index in [1.54, 1.807) is 0 Å². The highest BCUT2D eigenvalue weighted by atomic mass is 35.5. The van der Waals surface area contributed by atoms with Gasteiger partial charge in [0, 0.05) is 16.8 Å². The van der Waals surface area contributed by atoms with Gasteiger partial charge in [-0.2, -0.15) is 0 Å². The van der Waals surface area contributed by atoms with Crippen LogP contribution in [0.15, 0.2) is 30.3 Å². The number of carbonyl (C=O) groups is 1. The van der Waals surface area contributed by atoms with E-state index in [1.165, 1.54) is 18.2 Å². The summed E-state index contributed by atoms with van der Waals surface area (Å²) in [5.41, 5.74) is 5.51. The van der Waals surface area contributed by atoms with Crippen molar-refractivity contribution in [2.45, 2.75) is 0 Å². The summed E-state index contributed by atoms with van der Waals surface area (Å²) in [6.45, 7) is 0.